The first-order chi connectivity index (χ1) is 25.3. The molecule has 4 nitrogen and oxygen atoms in total. The summed E-state index contributed by atoms with van der Waals surface area (Å²) in [5.74, 6) is 0.547. The number of aliphatic hydroxyl groups excluding tert-OH is 1. The van der Waals surface area contributed by atoms with Crippen LogP contribution in [0.15, 0.2) is 66.7 Å². The molecule has 0 fully saturated rings. The maximum atomic E-state index is 11.7. The quantitative estimate of drug-likeness (QED) is 0.0861. The molecule has 2 heterocycles. The molecule has 2 aromatic heterocycles. The van der Waals surface area contributed by atoms with Gasteiger partial charge in [0.2, 0.25) is 0 Å². The van der Waals surface area contributed by atoms with Crippen LogP contribution in [0.2, 0.25) is 0 Å². The summed E-state index contributed by atoms with van der Waals surface area (Å²) in [6.45, 7) is 26.4. The number of aromatic nitrogens is 2. The standard InChI is InChI=1S/C35H37N2S.C13H24O2.Ir/c1-33(2,3)18-21-9-11-23-12-13-24(17-25(23)15-21)29-32-30(37-20-36-29)28-31(38-32)26-16-22(19-34(4,5)6)10-14-27(26)35(28,7)8;1-5-10(6-2)12(14)9-13(15)11(7-3)8-4;/h9-16,20H,18-19H2,1-8H3;9-11,14H,5-8H2,1-4H3;/q-1;;/b;12-9-;/i12D;;. The summed E-state index contributed by atoms with van der Waals surface area (Å²) >= 11 is 1.80. The SMILES string of the molecule is CCC(CC)C(=O)/C=C(\O)C(CC)CC.[2H]c1cc(-c2ncnc3c4c(sc23)-c2cc(CC(C)(C)C)ccc2C4(C)C)[c-]c2cc(CC(C)(C)C)ccc12.[Ir]. The van der Waals surface area contributed by atoms with Crippen LogP contribution in [0.3, 0.4) is 0 Å². The molecule has 1 aliphatic rings. The Morgan fingerprint density at radius 2 is 1.48 bits per heavy atom. The van der Waals surface area contributed by atoms with E-state index in [4.69, 9.17) is 11.3 Å². The van der Waals surface area contributed by atoms with Crippen molar-refractivity contribution >= 4 is 38.1 Å². The molecule has 0 spiro atoms. The summed E-state index contributed by atoms with van der Waals surface area (Å²) in [5.41, 5.74) is 9.72. The largest absolute Gasteiger partial charge is 0.512 e. The van der Waals surface area contributed by atoms with E-state index < -0.39 is 0 Å². The molecule has 0 aliphatic heterocycles. The summed E-state index contributed by atoms with van der Waals surface area (Å²) in [7, 11) is 0. The third-order valence-corrected chi connectivity index (χ3v) is 11.8. The molecule has 0 saturated heterocycles. The van der Waals surface area contributed by atoms with Crippen LogP contribution in [-0.2, 0) is 43.2 Å². The molecule has 0 atom stereocenters. The fourth-order valence-electron chi connectivity index (χ4n) is 7.83. The average Bonchev–Trinajstić information content (AvgIpc) is 3.58. The number of carbonyl (C=O) groups is 1. The number of nitrogens with zero attached hydrogens (tertiary/aromatic N) is 2. The van der Waals surface area contributed by atoms with Gasteiger partial charge in [-0.2, -0.15) is 0 Å². The third-order valence-electron chi connectivity index (χ3n) is 10.6. The van der Waals surface area contributed by atoms with Gasteiger partial charge in [0, 0.05) is 65.6 Å². The van der Waals surface area contributed by atoms with Gasteiger partial charge in [0.1, 0.15) is 6.33 Å². The zero-order chi connectivity index (χ0) is 39.7. The van der Waals surface area contributed by atoms with Crippen LogP contribution in [0.1, 0.15) is 132 Å². The van der Waals surface area contributed by atoms with Crippen molar-refractivity contribution in [3.05, 3.63) is 95.0 Å². The zero-order valence-corrected chi connectivity index (χ0v) is 37.8. The number of fused-ring (bicyclic) bond motifs is 6. The Balaban J connectivity index is 0.000000360. The Morgan fingerprint density at radius 3 is 2.07 bits per heavy atom. The Morgan fingerprint density at radius 1 is 0.889 bits per heavy atom. The number of carbonyl (C=O) groups excluding carboxylic acids is 1. The first-order valence-corrected chi connectivity index (χ1v) is 20.4. The fourth-order valence-corrected chi connectivity index (χ4v) is 9.28. The zero-order valence-electron chi connectivity index (χ0n) is 35.6. The van der Waals surface area contributed by atoms with Crippen molar-refractivity contribution in [3.8, 4) is 21.7 Å². The van der Waals surface area contributed by atoms with Crippen molar-refractivity contribution < 1.29 is 31.4 Å². The van der Waals surface area contributed by atoms with Gasteiger partial charge < -0.3 is 5.11 Å². The number of rotatable bonds is 10. The second-order valence-corrected chi connectivity index (χ2v) is 18.9. The van der Waals surface area contributed by atoms with Crippen molar-refractivity contribution in [2.45, 2.75) is 127 Å². The van der Waals surface area contributed by atoms with E-state index in [9.17, 15) is 9.90 Å². The first kappa shape index (κ1) is 42.0. The van der Waals surface area contributed by atoms with Gasteiger partial charge in [-0.05, 0) is 66.0 Å². The van der Waals surface area contributed by atoms with Crippen LogP contribution < -0.4 is 0 Å². The van der Waals surface area contributed by atoms with Crippen molar-refractivity contribution in [2.24, 2.45) is 22.7 Å². The number of hydrogen-bond acceptors (Lipinski definition) is 5. The van der Waals surface area contributed by atoms with E-state index in [2.05, 4.69) is 97.9 Å². The summed E-state index contributed by atoms with van der Waals surface area (Å²) < 4.78 is 9.89. The minimum atomic E-state index is -0.135. The maximum Gasteiger partial charge on any atom is 0.162 e. The summed E-state index contributed by atoms with van der Waals surface area (Å²) in [4.78, 5) is 22.6. The molecule has 3 aromatic carbocycles. The van der Waals surface area contributed by atoms with Crippen molar-refractivity contribution in [1.29, 1.82) is 0 Å². The molecule has 1 aliphatic carbocycles. The molecule has 0 amide bonds. The van der Waals surface area contributed by atoms with Gasteiger partial charge in [-0.3, -0.25) is 9.78 Å². The molecule has 1 N–H and O–H groups in total. The van der Waals surface area contributed by atoms with Crippen LogP contribution in [0.25, 0.3) is 42.7 Å². The third kappa shape index (κ3) is 9.60. The van der Waals surface area contributed by atoms with Gasteiger partial charge in [0.15, 0.2) is 5.78 Å². The molecule has 0 saturated carbocycles. The number of thiophene rings is 1. The summed E-state index contributed by atoms with van der Waals surface area (Å²) in [5, 5.41) is 11.7. The fraction of sp³-hybridized carbons (Fsp3) is 0.479. The van der Waals surface area contributed by atoms with E-state index in [-0.39, 0.29) is 59.7 Å². The molecule has 0 unspecified atom stereocenters. The predicted octanol–water partition coefficient (Wildman–Crippen LogP) is 13.7. The smallest absolute Gasteiger partial charge is 0.162 e. The number of ketones is 1. The Labute approximate surface area is 344 Å². The van der Waals surface area contributed by atoms with Gasteiger partial charge in [-0.1, -0.05) is 130 Å². The van der Waals surface area contributed by atoms with E-state index >= 15 is 0 Å². The monoisotopic (exact) mass is 923 g/mol. The minimum Gasteiger partial charge on any atom is -0.512 e. The van der Waals surface area contributed by atoms with E-state index in [0.29, 0.717) is 6.04 Å². The molecular formula is C48H61IrN2O2S-. The molecule has 54 heavy (non-hydrogen) atoms. The first-order valence-electron chi connectivity index (χ1n) is 20.1. The maximum absolute atomic E-state index is 11.7. The molecule has 6 heteroatoms. The van der Waals surface area contributed by atoms with Crippen LogP contribution in [0.4, 0.5) is 0 Å². The van der Waals surface area contributed by atoms with Crippen LogP contribution in [-0.4, -0.2) is 20.9 Å². The number of benzene rings is 3. The number of aliphatic hydroxyl groups is 1. The van der Waals surface area contributed by atoms with Crippen molar-refractivity contribution in [1.82, 2.24) is 9.97 Å². The van der Waals surface area contributed by atoms with Gasteiger partial charge in [-0.15, -0.1) is 41.0 Å². The van der Waals surface area contributed by atoms with Crippen LogP contribution in [0, 0.1) is 28.7 Å². The van der Waals surface area contributed by atoms with Crippen LogP contribution in [0.5, 0.6) is 0 Å². The predicted molar refractivity (Wildman–Crippen MR) is 227 cm³/mol. The van der Waals surface area contributed by atoms with Crippen molar-refractivity contribution in [2.75, 3.05) is 0 Å². The average molecular weight is 923 g/mol. The molecule has 6 rings (SSSR count). The molecule has 291 valence electrons. The number of hydrogen-bond donors (Lipinski definition) is 1. The Bertz CT molecular complexity index is 2180. The van der Waals surface area contributed by atoms with E-state index in [1.807, 2.05) is 33.8 Å². The van der Waals surface area contributed by atoms with Gasteiger partial charge in [-0.25, -0.2) is 4.98 Å². The molecule has 1 radical (unpaired) electrons. The Hall–Kier alpha value is -3.18. The van der Waals surface area contributed by atoms with Crippen LogP contribution >= 0.6 is 11.3 Å². The second-order valence-electron chi connectivity index (χ2n) is 17.9. The van der Waals surface area contributed by atoms with E-state index in [1.165, 1.54) is 38.8 Å². The minimum absolute atomic E-state index is 0. The molecular weight excluding hydrogens is 861 g/mol. The molecule has 5 aromatic rings. The van der Waals surface area contributed by atoms with E-state index in [1.54, 1.807) is 17.7 Å². The topological polar surface area (TPSA) is 63.1 Å². The summed E-state index contributed by atoms with van der Waals surface area (Å²) in [6, 6.07) is 19.5. The normalized spacial score (nSPS) is 14.1. The second kappa shape index (κ2) is 17.3. The van der Waals surface area contributed by atoms with Gasteiger partial charge >= 0.3 is 0 Å². The molecule has 0 bridgehead atoms. The van der Waals surface area contributed by atoms with Crippen molar-refractivity contribution in [3.63, 3.8) is 0 Å². The summed E-state index contributed by atoms with van der Waals surface area (Å²) in [6.07, 6.45) is 8.62. The number of allylic oxidation sites excluding steroid dienone is 2. The van der Waals surface area contributed by atoms with Gasteiger partial charge in [0.25, 0.3) is 0 Å². The van der Waals surface area contributed by atoms with Gasteiger partial charge in [0.05, 0.1) is 11.3 Å². The van der Waals surface area contributed by atoms with E-state index in [0.717, 1.165) is 70.8 Å². The Kier molecular flexibility index (Phi) is 13.5.